The van der Waals surface area contributed by atoms with Crippen molar-refractivity contribution in [3.05, 3.63) is 123 Å². The molecule has 0 spiro atoms. The second-order valence-electron chi connectivity index (χ2n) is 16.1. The number of ether oxygens (including phenoxy) is 1. The van der Waals surface area contributed by atoms with E-state index in [0.717, 1.165) is 44.2 Å². The molecule has 0 saturated heterocycles. The third-order valence-corrected chi connectivity index (χ3v) is 10.2. The number of non-ortho nitro benzene ring substituents is 1. The largest absolute Gasteiger partial charge is 0.444 e. The van der Waals surface area contributed by atoms with Crippen LogP contribution < -0.4 is 21.3 Å². The molecule has 1 heterocycles. The van der Waals surface area contributed by atoms with Crippen LogP contribution in [0.1, 0.15) is 77.0 Å². The highest BCUT2D eigenvalue weighted by Gasteiger charge is 2.34. The number of amides is 4. The zero-order valence-electron chi connectivity index (χ0n) is 34.3. The summed E-state index contributed by atoms with van der Waals surface area (Å²) in [6.45, 7) is 5.00. The van der Waals surface area contributed by atoms with Gasteiger partial charge in [0.2, 0.25) is 17.7 Å². The van der Waals surface area contributed by atoms with Crippen LogP contribution in [0.4, 0.5) is 21.9 Å². The van der Waals surface area contributed by atoms with Gasteiger partial charge in [0.05, 0.1) is 40.8 Å². The lowest BCUT2D eigenvalue weighted by Crippen LogP contribution is -2.58. The van der Waals surface area contributed by atoms with E-state index in [4.69, 9.17) is 4.74 Å². The first-order chi connectivity index (χ1) is 29.1. The Hall–Kier alpha value is -6.69. The van der Waals surface area contributed by atoms with Crippen LogP contribution in [0.5, 0.6) is 0 Å². The Balaban J connectivity index is 1.49. The topological polar surface area (TPSA) is 250 Å². The minimum atomic E-state index is -1.45. The molecule has 1 saturated carbocycles. The quantitative estimate of drug-likeness (QED) is 0.0601. The fourth-order valence-corrected chi connectivity index (χ4v) is 7.31. The van der Waals surface area contributed by atoms with Gasteiger partial charge in [-0.15, -0.1) is 0 Å². The number of nitro benzene ring substituents is 2. The van der Waals surface area contributed by atoms with Crippen molar-refractivity contribution < 1.29 is 38.9 Å². The Bertz CT molecular complexity index is 2150. The van der Waals surface area contributed by atoms with Crippen LogP contribution in [0.2, 0.25) is 0 Å². The summed E-state index contributed by atoms with van der Waals surface area (Å²) in [6.07, 6.45) is 4.77. The monoisotopic (exact) mass is 840 g/mol. The molecule has 18 nitrogen and oxygen atoms in total. The molecule has 18 heteroatoms. The number of aliphatic hydroxyl groups excluding tert-OH is 1. The number of nitro groups is 2. The smallest absolute Gasteiger partial charge is 0.408 e. The van der Waals surface area contributed by atoms with E-state index in [9.17, 15) is 44.5 Å². The second kappa shape index (κ2) is 21.0. The van der Waals surface area contributed by atoms with E-state index < -0.39 is 74.9 Å². The number of aromatic nitrogens is 2. The zero-order chi connectivity index (χ0) is 44.1. The number of benzene rings is 3. The number of carbonyl (C=O) groups excluding carboxylic acids is 4. The van der Waals surface area contributed by atoms with E-state index in [0.29, 0.717) is 17.7 Å². The van der Waals surface area contributed by atoms with E-state index in [1.807, 2.05) is 0 Å². The maximum Gasteiger partial charge on any atom is 0.408 e. The van der Waals surface area contributed by atoms with Gasteiger partial charge in [-0.2, -0.15) is 0 Å². The minimum absolute atomic E-state index is 0.00667. The number of hydrogen-bond donors (Lipinski definition) is 5. The Labute approximate surface area is 352 Å². The van der Waals surface area contributed by atoms with Gasteiger partial charge in [-0.1, -0.05) is 80.6 Å². The predicted molar refractivity (Wildman–Crippen MR) is 225 cm³/mol. The molecule has 0 unspecified atom stereocenters. The maximum atomic E-state index is 14.6. The lowest BCUT2D eigenvalue weighted by atomic mass is 9.83. The number of aliphatic hydroxyl groups is 1. The van der Waals surface area contributed by atoms with Gasteiger partial charge in [0.25, 0.3) is 11.4 Å². The molecule has 324 valence electrons. The van der Waals surface area contributed by atoms with Crippen molar-refractivity contribution in [3.8, 4) is 5.69 Å². The van der Waals surface area contributed by atoms with Gasteiger partial charge in [0.1, 0.15) is 23.4 Å². The predicted octanol–water partition coefficient (Wildman–Crippen LogP) is 5.70. The molecule has 0 bridgehead atoms. The van der Waals surface area contributed by atoms with Gasteiger partial charge in [-0.25, -0.2) is 9.78 Å². The fraction of sp³-hybridized carbons (Fsp3) is 0.419. The Morgan fingerprint density at radius 2 is 1.49 bits per heavy atom. The molecular weight excluding hydrogens is 789 g/mol. The summed E-state index contributed by atoms with van der Waals surface area (Å²) in [5.74, 6) is -1.86. The molecule has 3 aromatic carbocycles. The summed E-state index contributed by atoms with van der Waals surface area (Å²) in [5, 5.41) is 46.2. The molecule has 0 radical (unpaired) electrons. The summed E-state index contributed by atoms with van der Waals surface area (Å²) < 4.78 is 6.74. The second-order valence-corrected chi connectivity index (χ2v) is 16.1. The van der Waals surface area contributed by atoms with Crippen molar-refractivity contribution in [1.82, 2.24) is 25.5 Å². The molecule has 0 aliphatic heterocycles. The van der Waals surface area contributed by atoms with Gasteiger partial charge in [-0.3, -0.25) is 39.2 Å². The molecule has 4 amide bonds. The third-order valence-electron chi connectivity index (χ3n) is 10.2. The molecule has 5 rings (SSSR count). The van der Waals surface area contributed by atoms with Gasteiger partial charge in [-0.05, 0) is 56.9 Å². The van der Waals surface area contributed by atoms with Crippen molar-refractivity contribution >= 4 is 40.9 Å². The first-order valence-electron chi connectivity index (χ1n) is 20.2. The summed E-state index contributed by atoms with van der Waals surface area (Å²) in [5.41, 5.74) is -0.680. The molecular formula is C43H52N8O10. The molecule has 1 aliphatic carbocycles. The van der Waals surface area contributed by atoms with E-state index in [1.54, 1.807) is 81.4 Å². The highest BCUT2D eigenvalue weighted by molar-refractivity contribution is 5.92. The Morgan fingerprint density at radius 3 is 2.13 bits per heavy atom. The number of nitrogens with zero attached hydrogens (tertiary/aromatic N) is 4. The van der Waals surface area contributed by atoms with E-state index in [1.165, 1.54) is 23.2 Å². The minimum Gasteiger partial charge on any atom is -0.444 e. The molecule has 4 aromatic rings. The zero-order valence-corrected chi connectivity index (χ0v) is 34.3. The van der Waals surface area contributed by atoms with Crippen molar-refractivity contribution in [2.45, 2.75) is 108 Å². The van der Waals surface area contributed by atoms with Crippen LogP contribution in [0.3, 0.4) is 0 Å². The molecule has 1 fully saturated rings. The first-order valence-corrected chi connectivity index (χ1v) is 20.2. The third kappa shape index (κ3) is 13.7. The highest BCUT2D eigenvalue weighted by atomic mass is 16.6. The number of hydrogen-bond acceptors (Lipinski definition) is 11. The van der Waals surface area contributed by atoms with Crippen molar-refractivity contribution in [3.63, 3.8) is 0 Å². The van der Waals surface area contributed by atoms with Crippen LogP contribution in [0.25, 0.3) is 5.69 Å². The molecule has 61 heavy (non-hydrogen) atoms. The number of nitrogens with one attached hydrogen (secondary N) is 4. The van der Waals surface area contributed by atoms with Crippen LogP contribution in [-0.4, -0.2) is 78.1 Å². The number of rotatable bonds is 18. The number of imidazole rings is 1. The highest BCUT2D eigenvalue weighted by Crippen LogP contribution is 2.30. The van der Waals surface area contributed by atoms with Gasteiger partial charge in [0, 0.05) is 36.5 Å². The van der Waals surface area contributed by atoms with Gasteiger partial charge >= 0.3 is 6.09 Å². The normalized spacial score (nSPS) is 15.0. The maximum absolute atomic E-state index is 14.6. The number of carbonyl (C=O) groups is 4. The molecule has 1 aromatic heterocycles. The Morgan fingerprint density at radius 1 is 0.852 bits per heavy atom. The lowest BCUT2D eigenvalue weighted by Gasteiger charge is -2.32. The summed E-state index contributed by atoms with van der Waals surface area (Å²) in [6, 6.07) is 17.1. The molecule has 5 N–H and O–H groups in total. The van der Waals surface area contributed by atoms with Crippen molar-refractivity contribution in [1.29, 1.82) is 0 Å². The van der Waals surface area contributed by atoms with Gasteiger partial charge in [0.15, 0.2) is 0 Å². The van der Waals surface area contributed by atoms with Crippen LogP contribution in [-0.2, 0) is 32.0 Å². The van der Waals surface area contributed by atoms with Crippen LogP contribution in [0, 0.1) is 26.1 Å². The van der Waals surface area contributed by atoms with Crippen molar-refractivity contribution in [2.24, 2.45) is 5.92 Å². The van der Waals surface area contributed by atoms with Gasteiger partial charge < -0.3 is 31.1 Å². The summed E-state index contributed by atoms with van der Waals surface area (Å²) >= 11 is 0. The van der Waals surface area contributed by atoms with Crippen molar-refractivity contribution in [2.75, 3.05) is 5.32 Å². The first kappa shape index (κ1) is 45.4. The number of alkyl carbamates (subject to hydrolysis) is 1. The van der Waals surface area contributed by atoms with E-state index in [-0.39, 0.29) is 36.6 Å². The van der Waals surface area contributed by atoms with Crippen LogP contribution in [0.15, 0.2) is 91.4 Å². The standard InChI is InChI=1S/C43H52N8O10/c1-43(2,3)61-42(56)48-34(22-29-15-9-5-10-16-29)40(54)47-35(23-32-26-44-27-49(32)36-20-19-31(50(57)58)24-37(36)51(59)60)41(55)46-33(21-28-13-7-4-8-14-28)38(52)25-39(53)45-30-17-11-6-12-18-30/h5-6,9-12,15-20,24,26-28,33-35,38,52H,4,7-8,13-14,21-23,25H2,1-3H3,(H,45,53)(H,46,55)(H,47,54)(H,48,56)/t33-,34-,35-,38-/m0/s1. The SMILES string of the molecule is CC(C)(C)OC(=O)N[C@@H](Cc1ccccc1)C(=O)N[C@@H](Cc1cncn1-c1ccc([N+](=O)[O-])cc1[N+](=O)[O-])C(=O)N[C@@H](CC1CCCCC1)[C@@H](O)CC(=O)Nc1ccccc1. The van der Waals surface area contributed by atoms with E-state index in [2.05, 4.69) is 26.3 Å². The summed E-state index contributed by atoms with van der Waals surface area (Å²) in [7, 11) is 0. The lowest BCUT2D eigenvalue weighted by molar-refractivity contribution is -0.394. The molecule has 1 aliphatic rings. The molecule has 4 atom stereocenters. The fourth-order valence-electron chi connectivity index (χ4n) is 7.31. The Kier molecular flexibility index (Phi) is 15.6. The average molecular weight is 841 g/mol. The number of anilines is 1. The van der Waals surface area contributed by atoms with E-state index >= 15 is 0 Å². The van der Waals surface area contributed by atoms with Crippen LogP contribution >= 0.6 is 0 Å². The summed E-state index contributed by atoms with van der Waals surface area (Å²) in [4.78, 5) is 81.3. The number of para-hydroxylation sites is 1. The average Bonchev–Trinajstić information content (AvgIpc) is 3.68.